The van der Waals surface area contributed by atoms with Gasteiger partial charge in [-0.25, -0.2) is 0 Å². The number of ether oxygens (including phenoxy) is 4. The molecule has 0 N–H and O–H groups in total. The maximum absolute atomic E-state index is 13.1. The molecule has 0 saturated carbocycles. The van der Waals surface area contributed by atoms with E-state index in [1.165, 1.54) is 0 Å². The second-order valence-corrected chi connectivity index (χ2v) is 9.31. The Morgan fingerprint density at radius 3 is 1.64 bits per heavy atom. The second kappa shape index (κ2) is 16.5. The molecule has 0 fully saturated rings. The summed E-state index contributed by atoms with van der Waals surface area (Å²) in [4.78, 5) is 34.8. The van der Waals surface area contributed by atoms with Crippen molar-refractivity contribution < 1.29 is 28.5 Å². The predicted octanol–water partition coefficient (Wildman–Crippen LogP) is 3.34. The number of fused-ring (bicyclic) bond motifs is 2. The van der Waals surface area contributed by atoms with Crippen LogP contribution in [-0.4, -0.2) is 85.9 Å². The van der Waals surface area contributed by atoms with Crippen LogP contribution in [0.5, 0.6) is 5.75 Å². The van der Waals surface area contributed by atoms with Crippen molar-refractivity contribution in [3.05, 3.63) is 23.5 Å². The highest BCUT2D eigenvalue weighted by atomic mass is 16.5. The van der Waals surface area contributed by atoms with Crippen LogP contribution in [0.4, 0.5) is 0 Å². The molecule has 4 bridgehead atoms. The number of aromatic nitrogens is 1. The number of carbonyl (C=O) groups excluding carboxylic acids is 2. The zero-order chi connectivity index (χ0) is 25.4. The van der Waals surface area contributed by atoms with Gasteiger partial charge in [0.1, 0.15) is 5.75 Å². The Morgan fingerprint density at radius 1 is 0.722 bits per heavy atom. The van der Waals surface area contributed by atoms with E-state index in [1.807, 2.05) is 28.9 Å². The first-order chi connectivity index (χ1) is 17.7. The van der Waals surface area contributed by atoms with E-state index in [9.17, 15) is 9.59 Å². The molecule has 2 amide bonds. The van der Waals surface area contributed by atoms with Crippen LogP contribution in [0.25, 0.3) is 0 Å². The van der Waals surface area contributed by atoms with E-state index in [4.69, 9.17) is 23.9 Å². The van der Waals surface area contributed by atoms with Gasteiger partial charge in [0.25, 0.3) is 0 Å². The minimum absolute atomic E-state index is 0.118. The van der Waals surface area contributed by atoms with Gasteiger partial charge in [0.2, 0.25) is 11.8 Å². The van der Waals surface area contributed by atoms with Gasteiger partial charge in [-0.1, -0.05) is 25.7 Å². The molecule has 0 atom stereocenters. The molecule has 1 aromatic heterocycles. The van der Waals surface area contributed by atoms with Crippen molar-refractivity contribution in [3.63, 3.8) is 0 Å². The molecule has 9 nitrogen and oxygen atoms in total. The van der Waals surface area contributed by atoms with E-state index in [0.29, 0.717) is 91.0 Å². The molecule has 9 heteroatoms. The van der Waals surface area contributed by atoms with Gasteiger partial charge >= 0.3 is 0 Å². The molecule has 3 heterocycles. The minimum atomic E-state index is 0.118. The van der Waals surface area contributed by atoms with Gasteiger partial charge in [-0.15, -0.1) is 0 Å². The van der Waals surface area contributed by atoms with E-state index in [1.54, 1.807) is 0 Å². The molecule has 0 aromatic carbocycles. The maximum Gasteiger partial charge on any atom is 0.222 e. The second-order valence-electron chi connectivity index (χ2n) is 9.31. The van der Waals surface area contributed by atoms with Crippen molar-refractivity contribution in [1.29, 1.82) is 0 Å². The molecular formula is C27H43N3O6. The highest BCUT2D eigenvalue weighted by Gasteiger charge is 2.19. The molecule has 1 aromatic rings. The normalized spacial score (nSPS) is 20.9. The number of hydrogen-bond donors (Lipinski definition) is 0. The summed E-state index contributed by atoms with van der Waals surface area (Å²) in [6, 6.07) is 3.79. The largest absolute Gasteiger partial charge is 0.494 e. The first-order valence-corrected chi connectivity index (χ1v) is 13.6. The minimum Gasteiger partial charge on any atom is -0.494 e. The molecule has 0 spiro atoms. The fourth-order valence-corrected chi connectivity index (χ4v) is 4.47. The number of nitrogens with zero attached hydrogens (tertiary/aromatic N) is 3. The average molecular weight is 506 g/mol. The Labute approximate surface area is 215 Å². The summed E-state index contributed by atoms with van der Waals surface area (Å²) in [5.74, 6) is 0.939. The van der Waals surface area contributed by atoms with E-state index >= 15 is 0 Å². The summed E-state index contributed by atoms with van der Waals surface area (Å²) in [6.07, 6.45) is 6.99. The summed E-state index contributed by atoms with van der Waals surface area (Å²) in [7, 11) is 0. The molecule has 36 heavy (non-hydrogen) atoms. The summed E-state index contributed by atoms with van der Waals surface area (Å²) >= 11 is 0. The van der Waals surface area contributed by atoms with Gasteiger partial charge < -0.3 is 28.7 Å². The van der Waals surface area contributed by atoms with E-state index in [-0.39, 0.29) is 11.8 Å². The molecule has 0 aliphatic carbocycles. The Hall–Kier alpha value is -2.23. The number of carbonyl (C=O) groups is 2. The lowest BCUT2D eigenvalue weighted by atomic mass is 10.1. The average Bonchev–Trinajstić information content (AvgIpc) is 2.86. The SMILES string of the molecule is CCOc1cc2nc(c1)CN1CCOCCOCCOCCN(C2)C(=O)CCCCCCCCC1=O. The first-order valence-electron chi connectivity index (χ1n) is 13.6. The van der Waals surface area contributed by atoms with Gasteiger partial charge in [0, 0.05) is 38.1 Å². The fourth-order valence-electron chi connectivity index (χ4n) is 4.47. The van der Waals surface area contributed by atoms with E-state index in [2.05, 4.69) is 0 Å². The van der Waals surface area contributed by atoms with Crippen LogP contribution in [0.1, 0.15) is 69.7 Å². The Kier molecular flexibility index (Phi) is 13.0. The lowest BCUT2D eigenvalue weighted by Gasteiger charge is -2.25. The van der Waals surface area contributed by atoms with Crippen molar-refractivity contribution in [2.45, 2.75) is 71.4 Å². The van der Waals surface area contributed by atoms with Crippen LogP contribution < -0.4 is 4.74 Å². The van der Waals surface area contributed by atoms with Gasteiger partial charge in [-0.3, -0.25) is 14.6 Å². The quantitative estimate of drug-likeness (QED) is 0.609. The van der Waals surface area contributed by atoms with E-state index in [0.717, 1.165) is 49.9 Å². The lowest BCUT2D eigenvalue weighted by Crippen LogP contribution is -2.35. The van der Waals surface area contributed by atoms with Crippen molar-refractivity contribution in [2.24, 2.45) is 0 Å². The van der Waals surface area contributed by atoms with Crippen molar-refractivity contribution in [2.75, 3.05) is 59.3 Å². The summed E-state index contributed by atoms with van der Waals surface area (Å²) in [6.45, 7) is 6.95. The summed E-state index contributed by atoms with van der Waals surface area (Å²) in [5, 5.41) is 0. The van der Waals surface area contributed by atoms with Crippen LogP contribution in [0, 0.1) is 0 Å². The maximum atomic E-state index is 13.1. The topological polar surface area (TPSA) is 90.4 Å². The van der Waals surface area contributed by atoms with Crippen LogP contribution in [-0.2, 0) is 36.9 Å². The number of hydrogen-bond acceptors (Lipinski definition) is 7. The molecule has 3 rings (SSSR count). The number of pyridine rings is 1. The molecular weight excluding hydrogens is 462 g/mol. The molecule has 2 aliphatic rings. The summed E-state index contributed by atoms with van der Waals surface area (Å²) < 4.78 is 22.9. The molecule has 202 valence electrons. The Morgan fingerprint density at radius 2 is 1.17 bits per heavy atom. The zero-order valence-electron chi connectivity index (χ0n) is 21.9. The number of amides is 2. The molecule has 0 saturated heterocycles. The third kappa shape index (κ3) is 10.4. The third-order valence-electron chi connectivity index (χ3n) is 6.41. The summed E-state index contributed by atoms with van der Waals surface area (Å²) in [5.41, 5.74) is 1.50. The highest BCUT2D eigenvalue weighted by Crippen LogP contribution is 2.19. The predicted molar refractivity (Wildman–Crippen MR) is 136 cm³/mol. The molecule has 0 radical (unpaired) electrons. The van der Waals surface area contributed by atoms with Crippen LogP contribution in [0.15, 0.2) is 12.1 Å². The first kappa shape index (κ1) is 28.3. The van der Waals surface area contributed by atoms with Crippen molar-refractivity contribution in [1.82, 2.24) is 14.8 Å². The van der Waals surface area contributed by atoms with Gasteiger partial charge in [-0.2, -0.15) is 0 Å². The zero-order valence-corrected chi connectivity index (χ0v) is 21.9. The number of rotatable bonds is 2. The standard InChI is InChI=1S/C27H43N3O6/c1-2-36-25-19-23-21-29-11-13-33-15-17-35-18-16-34-14-12-30(22-24(20-25)28-23)27(32)10-8-6-4-3-5-7-9-26(29)31/h19-20H,2-18,21-22H2,1H3. The van der Waals surface area contributed by atoms with Gasteiger partial charge in [0.05, 0.1) is 70.7 Å². The van der Waals surface area contributed by atoms with E-state index < -0.39 is 0 Å². The van der Waals surface area contributed by atoms with Gasteiger partial charge in [-0.05, 0) is 19.8 Å². The van der Waals surface area contributed by atoms with Crippen LogP contribution in [0.3, 0.4) is 0 Å². The monoisotopic (exact) mass is 505 g/mol. The van der Waals surface area contributed by atoms with Crippen LogP contribution in [0.2, 0.25) is 0 Å². The fraction of sp³-hybridized carbons (Fsp3) is 0.741. The highest BCUT2D eigenvalue weighted by molar-refractivity contribution is 5.76. The smallest absolute Gasteiger partial charge is 0.222 e. The van der Waals surface area contributed by atoms with Crippen molar-refractivity contribution >= 4 is 11.8 Å². The van der Waals surface area contributed by atoms with Crippen molar-refractivity contribution in [3.8, 4) is 5.75 Å². The third-order valence-corrected chi connectivity index (χ3v) is 6.41. The molecule has 2 aliphatic heterocycles. The Bertz CT molecular complexity index is 747. The molecule has 0 unspecified atom stereocenters. The van der Waals surface area contributed by atoms with Gasteiger partial charge in [0.15, 0.2) is 0 Å². The Balaban J connectivity index is 1.89. The lowest BCUT2D eigenvalue weighted by molar-refractivity contribution is -0.133. The van der Waals surface area contributed by atoms with Crippen LogP contribution >= 0.6 is 0 Å².